The third-order valence-corrected chi connectivity index (χ3v) is 3.87. The molecule has 0 saturated heterocycles. The van der Waals surface area contributed by atoms with Crippen molar-refractivity contribution in [3.63, 3.8) is 0 Å². The molecule has 0 spiro atoms. The van der Waals surface area contributed by atoms with Crippen molar-refractivity contribution in [1.82, 2.24) is 15.2 Å². The molecule has 116 valence electrons. The van der Waals surface area contributed by atoms with Crippen LogP contribution in [0.1, 0.15) is 23.2 Å². The van der Waals surface area contributed by atoms with E-state index >= 15 is 0 Å². The highest BCUT2D eigenvalue weighted by Crippen LogP contribution is 2.40. The van der Waals surface area contributed by atoms with E-state index in [2.05, 4.69) is 15.2 Å². The molecular formula is C17H15FN4O. The van der Waals surface area contributed by atoms with Crippen molar-refractivity contribution in [3.05, 3.63) is 83.7 Å². The summed E-state index contributed by atoms with van der Waals surface area (Å²) in [6, 6.07) is 11.4. The lowest BCUT2D eigenvalue weighted by Crippen LogP contribution is -2.35. The lowest BCUT2D eigenvalue weighted by molar-refractivity contribution is -0.118. The van der Waals surface area contributed by atoms with Crippen molar-refractivity contribution in [2.24, 2.45) is 5.73 Å². The molecule has 23 heavy (non-hydrogen) atoms. The SMILES string of the molecule is NC(=O)CC(c1ccc(F)cc1)(c1cn[nH]c1)c1ccccn1. The number of amides is 1. The molecular weight excluding hydrogens is 295 g/mol. The molecule has 0 aliphatic carbocycles. The number of rotatable bonds is 5. The van der Waals surface area contributed by atoms with E-state index in [0.29, 0.717) is 5.69 Å². The van der Waals surface area contributed by atoms with Gasteiger partial charge in [-0.25, -0.2) is 4.39 Å². The Kier molecular flexibility index (Phi) is 3.89. The van der Waals surface area contributed by atoms with Crippen LogP contribution in [0, 0.1) is 5.82 Å². The van der Waals surface area contributed by atoms with Crippen molar-refractivity contribution in [1.29, 1.82) is 0 Å². The quantitative estimate of drug-likeness (QED) is 0.757. The summed E-state index contributed by atoms with van der Waals surface area (Å²) in [6.45, 7) is 0. The van der Waals surface area contributed by atoms with Gasteiger partial charge >= 0.3 is 0 Å². The third-order valence-electron chi connectivity index (χ3n) is 3.87. The van der Waals surface area contributed by atoms with Gasteiger partial charge in [-0.05, 0) is 29.8 Å². The molecule has 0 fully saturated rings. The van der Waals surface area contributed by atoms with Crippen LogP contribution in [-0.4, -0.2) is 21.1 Å². The summed E-state index contributed by atoms with van der Waals surface area (Å²) in [5.41, 5.74) is 6.70. The second kappa shape index (κ2) is 6.00. The fraction of sp³-hybridized carbons (Fsp3) is 0.118. The topological polar surface area (TPSA) is 84.7 Å². The smallest absolute Gasteiger partial charge is 0.219 e. The molecule has 1 aromatic carbocycles. The van der Waals surface area contributed by atoms with Crippen molar-refractivity contribution < 1.29 is 9.18 Å². The van der Waals surface area contributed by atoms with Crippen LogP contribution in [0.3, 0.4) is 0 Å². The summed E-state index contributed by atoms with van der Waals surface area (Å²) in [5, 5.41) is 6.74. The number of nitrogens with one attached hydrogen (secondary N) is 1. The number of aromatic nitrogens is 3. The minimum absolute atomic E-state index is 0.00478. The zero-order valence-electron chi connectivity index (χ0n) is 12.2. The molecule has 6 heteroatoms. The minimum atomic E-state index is -0.923. The van der Waals surface area contributed by atoms with E-state index in [0.717, 1.165) is 11.1 Å². The number of halogens is 1. The first-order valence-electron chi connectivity index (χ1n) is 7.08. The van der Waals surface area contributed by atoms with Crippen LogP contribution in [-0.2, 0) is 10.2 Å². The fourth-order valence-electron chi connectivity index (χ4n) is 2.85. The van der Waals surface area contributed by atoms with Gasteiger partial charge in [0.15, 0.2) is 0 Å². The molecule has 5 nitrogen and oxygen atoms in total. The summed E-state index contributed by atoms with van der Waals surface area (Å²) >= 11 is 0. The standard InChI is InChI=1S/C17H15FN4O/c18-14-6-4-12(5-7-14)17(9-16(19)23,13-10-21-22-11-13)15-3-1-2-8-20-15/h1-8,10-11H,9H2,(H2,19,23)(H,21,22). The highest BCUT2D eigenvalue weighted by Gasteiger charge is 2.40. The lowest BCUT2D eigenvalue weighted by atomic mass is 9.70. The first-order chi connectivity index (χ1) is 11.1. The summed E-state index contributed by atoms with van der Waals surface area (Å²) in [6.07, 6.45) is 4.96. The molecule has 0 aliphatic rings. The highest BCUT2D eigenvalue weighted by atomic mass is 19.1. The van der Waals surface area contributed by atoms with Crippen LogP contribution < -0.4 is 5.73 Å². The molecule has 1 amide bonds. The number of pyridine rings is 1. The maximum atomic E-state index is 13.4. The van der Waals surface area contributed by atoms with Crippen LogP contribution in [0.15, 0.2) is 61.1 Å². The summed E-state index contributed by atoms with van der Waals surface area (Å²) < 4.78 is 13.4. The second-order valence-corrected chi connectivity index (χ2v) is 5.26. The van der Waals surface area contributed by atoms with Gasteiger partial charge in [0.1, 0.15) is 5.82 Å². The molecule has 3 N–H and O–H groups in total. The number of primary amides is 1. The number of nitrogens with zero attached hydrogens (tertiary/aromatic N) is 2. The van der Waals surface area contributed by atoms with E-state index < -0.39 is 11.3 Å². The zero-order valence-corrected chi connectivity index (χ0v) is 12.2. The number of carbonyl (C=O) groups excluding carboxylic acids is 1. The number of hydrogen-bond acceptors (Lipinski definition) is 3. The molecule has 1 unspecified atom stereocenters. The number of nitrogens with two attached hydrogens (primary N) is 1. The predicted octanol–water partition coefficient (Wildman–Crippen LogP) is 2.15. The van der Waals surface area contributed by atoms with E-state index in [1.807, 2.05) is 12.1 Å². The van der Waals surface area contributed by atoms with Gasteiger partial charge in [-0.1, -0.05) is 18.2 Å². The van der Waals surface area contributed by atoms with Gasteiger partial charge in [0.05, 0.1) is 17.3 Å². The van der Waals surface area contributed by atoms with Crippen LogP contribution in [0.4, 0.5) is 4.39 Å². The number of H-pyrrole nitrogens is 1. The molecule has 3 rings (SSSR count). The lowest BCUT2D eigenvalue weighted by Gasteiger charge is -2.32. The Morgan fingerprint density at radius 2 is 1.96 bits per heavy atom. The van der Waals surface area contributed by atoms with E-state index in [1.165, 1.54) is 12.1 Å². The molecule has 0 saturated carbocycles. The van der Waals surface area contributed by atoms with E-state index in [-0.39, 0.29) is 12.2 Å². The van der Waals surface area contributed by atoms with Crippen molar-refractivity contribution >= 4 is 5.91 Å². The maximum Gasteiger partial charge on any atom is 0.219 e. The fourth-order valence-corrected chi connectivity index (χ4v) is 2.85. The average molecular weight is 310 g/mol. The van der Waals surface area contributed by atoms with Gasteiger partial charge in [0, 0.05) is 24.4 Å². The number of hydrogen-bond donors (Lipinski definition) is 2. The molecule has 2 heterocycles. The molecule has 3 aromatic rings. The highest BCUT2D eigenvalue weighted by molar-refractivity contribution is 5.78. The first kappa shape index (κ1) is 14.9. The van der Waals surface area contributed by atoms with E-state index in [9.17, 15) is 9.18 Å². The van der Waals surface area contributed by atoms with Crippen LogP contribution in [0.2, 0.25) is 0 Å². The average Bonchev–Trinajstić information content (AvgIpc) is 3.09. The van der Waals surface area contributed by atoms with Crippen LogP contribution in [0.5, 0.6) is 0 Å². The van der Waals surface area contributed by atoms with Gasteiger partial charge in [0.25, 0.3) is 0 Å². The Morgan fingerprint density at radius 3 is 2.52 bits per heavy atom. The Bertz CT molecular complexity index is 787. The Balaban J connectivity index is 2.30. The molecule has 1 atom stereocenters. The number of carbonyl (C=O) groups is 1. The maximum absolute atomic E-state index is 13.4. The predicted molar refractivity (Wildman–Crippen MR) is 82.9 cm³/mol. The van der Waals surface area contributed by atoms with Gasteiger partial charge < -0.3 is 5.73 Å². The van der Waals surface area contributed by atoms with Crippen LogP contribution >= 0.6 is 0 Å². The van der Waals surface area contributed by atoms with Gasteiger partial charge in [-0.3, -0.25) is 14.9 Å². The summed E-state index contributed by atoms with van der Waals surface area (Å²) in [5.74, 6) is -0.837. The van der Waals surface area contributed by atoms with Gasteiger partial charge in [-0.15, -0.1) is 0 Å². The molecule has 0 aliphatic heterocycles. The zero-order chi connectivity index (χ0) is 16.3. The normalized spacial score (nSPS) is 13.4. The third kappa shape index (κ3) is 2.70. The molecule has 0 bridgehead atoms. The van der Waals surface area contributed by atoms with Gasteiger partial charge in [0.2, 0.25) is 5.91 Å². The minimum Gasteiger partial charge on any atom is -0.370 e. The monoisotopic (exact) mass is 310 g/mol. The Hall–Kier alpha value is -3.02. The Morgan fingerprint density at radius 1 is 1.17 bits per heavy atom. The molecule has 2 aromatic heterocycles. The van der Waals surface area contributed by atoms with E-state index in [1.54, 1.807) is 36.8 Å². The number of aromatic amines is 1. The summed E-state index contributed by atoms with van der Waals surface area (Å²) in [4.78, 5) is 16.2. The largest absolute Gasteiger partial charge is 0.370 e. The summed E-state index contributed by atoms with van der Waals surface area (Å²) in [7, 11) is 0. The Labute approximate surface area is 132 Å². The van der Waals surface area contributed by atoms with Gasteiger partial charge in [-0.2, -0.15) is 5.10 Å². The van der Waals surface area contributed by atoms with Crippen molar-refractivity contribution in [2.75, 3.05) is 0 Å². The van der Waals surface area contributed by atoms with Crippen LogP contribution in [0.25, 0.3) is 0 Å². The molecule has 0 radical (unpaired) electrons. The van der Waals surface area contributed by atoms with Crippen molar-refractivity contribution in [2.45, 2.75) is 11.8 Å². The first-order valence-corrected chi connectivity index (χ1v) is 7.08. The number of benzene rings is 1. The second-order valence-electron chi connectivity index (χ2n) is 5.26. The van der Waals surface area contributed by atoms with E-state index in [4.69, 9.17) is 5.73 Å². The van der Waals surface area contributed by atoms with Crippen molar-refractivity contribution in [3.8, 4) is 0 Å².